The van der Waals surface area contributed by atoms with E-state index in [4.69, 9.17) is 28.4 Å². The van der Waals surface area contributed by atoms with Crippen LogP contribution in [0.2, 0.25) is 0 Å². The van der Waals surface area contributed by atoms with Crippen molar-refractivity contribution in [3.63, 3.8) is 0 Å². The van der Waals surface area contributed by atoms with Crippen molar-refractivity contribution < 1.29 is 33.2 Å². The van der Waals surface area contributed by atoms with Gasteiger partial charge in [-0.2, -0.15) is 0 Å². The highest BCUT2D eigenvalue weighted by Gasteiger charge is 2.40. The van der Waals surface area contributed by atoms with E-state index in [9.17, 15) is 4.79 Å². The summed E-state index contributed by atoms with van der Waals surface area (Å²) in [5, 5.41) is 0. The van der Waals surface area contributed by atoms with E-state index in [-0.39, 0.29) is 18.0 Å². The van der Waals surface area contributed by atoms with E-state index < -0.39 is 0 Å². The molecule has 0 radical (unpaired) electrons. The Balaban J connectivity index is 1.69. The second-order valence-electron chi connectivity index (χ2n) is 7.34. The van der Waals surface area contributed by atoms with Gasteiger partial charge in [-0.3, -0.25) is 0 Å². The van der Waals surface area contributed by atoms with Gasteiger partial charge >= 0.3 is 5.97 Å². The van der Waals surface area contributed by atoms with Crippen LogP contribution in [0.1, 0.15) is 15.9 Å². The Hall–Kier alpha value is -2.77. The van der Waals surface area contributed by atoms with Gasteiger partial charge in [-0.25, -0.2) is 4.79 Å². The molecular weight excluding hydrogens is 376 g/mol. The molecule has 0 saturated carbocycles. The first-order chi connectivity index (χ1) is 14.1. The minimum Gasteiger partial charge on any atom is -0.493 e. The molecule has 2 heterocycles. The standard InChI is InChI=1S/C22H24O7/c1-24-10-22(11-27-12-22)13-29-20-18(25-2)7-6-16(19(20)26-3)14-4-5-17-15(8-14)9-28-21(17)23/h4-8H,9-13H2,1-3H3. The first-order valence-corrected chi connectivity index (χ1v) is 9.36. The second-order valence-corrected chi connectivity index (χ2v) is 7.34. The number of hydrogen-bond acceptors (Lipinski definition) is 7. The van der Waals surface area contributed by atoms with Gasteiger partial charge in [0.15, 0.2) is 11.5 Å². The number of cyclic esters (lactones) is 1. The van der Waals surface area contributed by atoms with E-state index in [1.165, 1.54) is 0 Å². The van der Waals surface area contributed by atoms with Gasteiger partial charge in [-0.15, -0.1) is 0 Å². The maximum absolute atomic E-state index is 11.7. The fourth-order valence-electron chi connectivity index (χ4n) is 3.70. The molecule has 0 amide bonds. The molecule has 2 aliphatic heterocycles. The summed E-state index contributed by atoms with van der Waals surface area (Å²) in [6.07, 6.45) is 0. The maximum Gasteiger partial charge on any atom is 0.338 e. The molecule has 1 fully saturated rings. The van der Waals surface area contributed by atoms with Crippen molar-refractivity contribution in [2.75, 3.05) is 47.8 Å². The highest BCUT2D eigenvalue weighted by Crippen LogP contribution is 2.46. The topological polar surface area (TPSA) is 72.5 Å². The molecule has 7 nitrogen and oxygen atoms in total. The van der Waals surface area contributed by atoms with Crippen molar-refractivity contribution in [3.8, 4) is 28.4 Å². The van der Waals surface area contributed by atoms with Gasteiger partial charge in [0.25, 0.3) is 0 Å². The van der Waals surface area contributed by atoms with E-state index >= 15 is 0 Å². The Bertz CT molecular complexity index is 918. The molecule has 1 saturated heterocycles. The number of rotatable bonds is 8. The van der Waals surface area contributed by atoms with Crippen molar-refractivity contribution in [2.45, 2.75) is 6.61 Å². The average molecular weight is 400 g/mol. The van der Waals surface area contributed by atoms with Crippen LogP contribution < -0.4 is 14.2 Å². The molecule has 0 atom stereocenters. The number of benzene rings is 2. The Kier molecular flexibility index (Phi) is 5.34. The van der Waals surface area contributed by atoms with Crippen LogP contribution in [-0.4, -0.2) is 53.7 Å². The Labute approximate surface area is 169 Å². The van der Waals surface area contributed by atoms with Crippen molar-refractivity contribution >= 4 is 5.97 Å². The van der Waals surface area contributed by atoms with Crippen LogP contribution in [0.25, 0.3) is 11.1 Å². The molecule has 0 spiro atoms. The number of carbonyl (C=O) groups excluding carboxylic acids is 1. The lowest BCUT2D eigenvalue weighted by atomic mass is 9.88. The van der Waals surface area contributed by atoms with Crippen molar-refractivity contribution in [1.82, 2.24) is 0 Å². The molecule has 0 aliphatic carbocycles. The van der Waals surface area contributed by atoms with Gasteiger partial charge in [-0.05, 0) is 29.8 Å². The lowest BCUT2D eigenvalue weighted by Crippen LogP contribution is -2.50. The first kappa shape index (κ1) is 19.5. The highest BCUT2D eigenvalue weighted by atomic mass is 16.6. The molecule has 154 valence electrons. The molecule has 0 bridgehead atoms. The lowest BCUT2D eigenvalue weighted by molar-refractivity contribution is -0.159. The van der Waals surface area contributed by atoms with Crippen LogP contribution in [0.3, 0.4) is 0 Å². The van der Waals surface area contributed by atoms with Crippen LogP contribution in [0.5, 0.6) is 17.2 Å². The van der Waals surface area contributed by atoms with Crippen molar-refractivity contribution in [3.05, 3.63) is 41.5 Å². The molecule has 29 heavy (non-hydrogen) atoms. The van der Waals surface area contributed by atoms with Gasteiger partial charge in [0.05, 0.1) is 45.0 Å². The summed E-state index contributed by atoms with van der Waals surface area (Å²) in [6, 6.07) is 9.37. The molecule has 2 aromatic carbocycles. The van der Waals surface area contributed by atoms with Crippen LogP contribution in [0.15, 0.2) is 30.3 Å². The molecule has 0 unspecified atom stereocenters. The predicted octanol–water partition coefficient (Wildman–Crippen LogP) is 3.08. The fraction of sp³-hybridized carbons (Fsp3) is 0.409. The number of ether oxygens (including phenoxy) is 6. The summed E-state index contributed by atoms with van der Waals surface area (Å²) >= 11 is 0. The molecule has 2 aromatic rings. The molecule has 0 N–H and O–H groups in total. The quantitative estimate of drug-likeness (QED) is 0.631. The van der Waals surface area contributed by atoms with Gasteiger partial charge < -0.3 is 28.4 Å². The monoisotopic (exact) mass is 400 g/mol. The second kappa shape index (κ2) is 7.93. The van der Waals surface area contributed by atoms with Gasteiger partial charge in [-0.1, -0.05) is 6.07 Å². The Morgan fingerprint density at radius 2 is 1.76 bits per heavy atom. The molecular formula is C22H24O7. The van der Waals surface area contributed by atoms with Crippen molar-refractivity contribution in [1.29, 1.82) is 0 Å². The first-order valence-electron chi connectivity index (χ1n) is 9.36. The number of carbonyl (C=O) groups is 1. The van der Waals surface area contributed by atoms with Crippen molar-refractivity contribution in [2.24, 2.45) is 5.41 Å². The molecule has 7 heteroatoms. The maximum atomic E-state index is 11.7. The molecule has 2 aliphatic rings. The largest absolute Gasteiger partial charge is 0.493 e. The SMILES string of the molecule is COCC1(COc2c(OC)ccc(-c3ccc4c(c3)COC4=O)c2OC)COC1. The summed E-state index contributed by atoms with van der Waals surface area (Å²) < 4.78 is 33.2. The number of fused-ring (bicyclic) bond motifs is 1. The molecule has 0 aromatic heterocycles. The van der Waals surface area contributed by atoms with Gasteiger partial charge in [0, 0.05) is 18.2 Å². The minimum atomic E-state index is -0.288. The van der Waals surface area contributed by atoms with Crippen LogP contribution in [-0.2, 0) is 20.8 Å². The van der Waals surface area contributed by atoms with Gasteiger partial charge in [0.2, 0.25) is 5.75 Å². The zero-order chi connectivity index (χ0) is 20.4. The summed E-state index contributed by atoms with van der Waals surface area (Å²) in [4.78, 5) is 11.7. The van der Waals surface area contributed by atoms with E-state index in [2.05, 4.69) is 0 Å². The smallest absolute Gasteiger partial charge is 0.338 e. The number of hydrogen-bond donors (Lipinski definition) is 0. The Morgan fingerprint density at radius 1 is 0.966 bits per heavy atom. The summed E-state index contributed by atoms with van der Waals surface area (Å²) in [7, 11) is 4.86. The normalized spacial score (nSPS) is 16.6. The number of esters is 1. The van der Waals surface area contributed by atoms with Crippen LogP contribution >= 0.6 is 0 Å². The van der Waals surface area contributed by atoms with E-state index in [1.54, 1.807) is 27.4 Å². The summed E-state index contributed by atoms with van der Waals surface area (Å²) in [5.74, 6) is 1.39. The van der Waals surface area contributed by atoms with Crippen LogP contribution in [0.4, 0.5) is 0 Å². The zero-order valence-corrected chi connectivity index (χ0v) is 16.8. The molecule has 4 rings (SSSR count). The van der Waals surface area contributed by atoms with Gasteiger partial charge in [0.1, 0.15) is 13.2 Å². The zero-order valence-electron chi connectivity index (χ0n) is 16.8. The lowest BCUT2D eigenvalue weighted by Gasteiger charge is -2.40. The summed E-state index contributed by atoms with van der Waals surface area (Å²) in [5.41, 5.74) is 3.04. The minimum absolute atomic E-state index is 0.175. The van der Waals surface area contributed by atoms with Crippen LogP contribution in [0, 0.1) is 5.41 Å². The third-order valence-electron chi connectivity index (χ3n) is 5.28. The summed E-state index contributed by atoms with van der Waals surface area (Å²) in [6.45, 7) is 2.43. The highest BCUT2D eigenvalue weighted by molar-refractivity contribution is 5.94. The number of methoxy groups -OCH3 is 3. The third-order valence-corrected chi connectivity index (χ3v) is 5.28. The van der Waals surface area contributed by atoms with E-state index in [0.717, 1.165) is 16.7 Å². The Morgan fingerprint density at radius 3 is 2.41 bits per heavy atom. The van der Waals surface area contributed by atoms with E-state index in [0.29, 0.717) is 49.2 Å². The predicted molar refractivity (Wildman–Crippen MR) is 105 cm³/mol. The fourth-order valence-corrected chi connectivity index (χ4v) is 3.70. The average Bonchev–Trinajstić information content (AvgIpc) is 3.09. The van der Waals surface area contributed by atoms with E-state index in [1.807, 2.05) is 24.3 Å². The third kappa shape index (κ3) is 3.52.